The van der Waals surface area contributed by atoms with E-state index < -0.39 is 11.9 Å². The second-order valence-corrected chi connectivity index (χ2v) is 7.76. The number of carbonyl (C=O) groups is 2. The Morgan fingerprint density at radius 1 is 1.19 bits per heavy atom. The van der Waals surface area contributed by atoms with Gasteiger partial charge in [-0.05, 0) is 17.1 Å². The molecule has 7 nitrogen and oxygen atoms in total. The van der Waals surface area contributed by atoms with E-state index in [4.69, 9.17) is 0 Å². The Morgan fingerprint density at radius 3 is 2.46 bits per heavy atom. The third-order valence-corrected chi connectivity index (χ3v) is 4.48. The summed E-state index contributed by atoms with van der Waals surface area (Å²) in [6.07, 6.45) is 3.13. The Kier molecular flexibility index (Phi) is 6.46. The van der Waals surface area contributed by atoms with E-state index in [2.05, 4.69) is 20.8 Å². The van der Waals surface area contributed by atoms with E-state index in [9.17, 15) is 14.7 Å². The average Bonchev–Trinajstić information content (AvgIpc) is 3.00. The molecule has 0 aliphatic heterocycles. The zero-order valence-corrected chi connectivity index (χ0v) is 15.7. The van der Waals surface area contributed by atoms with Gasteiger partial charge in [-0.2, -0.15) is 0 Å². The Hall–Kier alpha value is -2.74. The molecule has 138 valence electrons. The largest absolute Gasteiger partial charge is 0.481 e. The van der Waals surface area contributed by atoms with Crippen molar-refractivity contribution in [2.75, 3.05) is 17.2 Å². The van der Waals surface area contributed by atoms with Crippen LogP contribution in [0.3, 0.4) is 0 Å². The van der Waals surface area contributed by atoms with Crippen molar-refractivity contribution in [3.05, 3.63) is 42.0 Å². The SMILES string of the molecule is CC(C)(C)C(CNc1nnc(NC(=O)/C=C/c2ccccc2)s1)C(=O)O. The number of rotatable bonds is 7. The summed E-state index contributed by atoms with van der Waals surface area (Å²) in [5.74, 6) is -1.75. The molecule has 0 spiro atoms. The highest BCUT2D eigenvalue weighted by Crippen LogP contribution is 2.27. The smallest absolute Gasteiger partial charge is 0.308 e. The third kappa shape index (κ3) is 5.96. The summed E-state index contributed by atoms with van der Waals surface area (Å²) in [7, 11) is 0. The summed E-state index contributed by atoms with van der Waals surface area (Å²) < 4.78 is 0. The van der Waals surface area contributed by atoms with E-state index in [-0.39, 0.29) is 17.9 Å². The zero-order valence-electron chi connectivity index (χ0n) is 14.9. The van der Waals surface area contributed by atoms with Crippen LogP contribution >= 0.6 is 11.3 Å². The number of carbonyl (C=O) groups excluding carboxylic acids is 1. The van der Waals surface area contributed by atoms with Crippen molar-refractivity contribution < 1.29 is 14.7 Å². The van der Waals surface area contributed by atoms with Crippen molar-refractivity contribution in [3.63, 3.8) is 0 Å². The minimum atomic E-state index is -0.867. The highest BCUT2D eigenvalue weighted by molar-refractivity contribution is 7.19. The van der Waals surface area contributed by atoms with Crippen LogP contribution in [0, 0.1) is 11.3 Å². The molecule has 1 aromatic heterocycles. The van der Waals surface area contributed by atoms with E-state index in [0.29, 0.717) is 10.3 Å². The molecule has 1 aromatic carbocycles. The van der Waals surface area contributed by atoms with E-state index in [1.54, 1.807) is 6.08 Å². The zero-order chi connectivity index (χ0) is 19.2. The number of nitrogens with zero attached hydrogens (tertiary/aromatic N) is 2. The molecule has 1 amide bonds. The highest BCUT2D eigenvalue weighted by Gasteiger charge is 2.31. The molecule has 0 radical (unpaired) electrons. The quantitative estimate of drug-likeness (QED) is 0.642. The number of benzene rings is 1. The lowest BCUT2D eigenvalue weighted by Crippen LogP contribution is -2.34. The maximum atomic E-state index is 11.9. The van der Waals surface area contributed by atoms with E-state index >= 15 is 0 Å². The van der Waals surface area contributed by atoms with Gasteiger partial charge in [0.2, 0.25) is 16.2 Å². The summed E-state index contributed by atoms with van der Waals surface area (Å²) in [6, 6.07) is 9.47. The topological polar surface area (TPSA) is 104 Å². The Bertz CT molecular complexity index is 781. The fraction of sp³-hybridized carbons (Fsp3) is 0.333. The van der Waals surface area contributed by atoms with Gasteiger partial charge >= 0.3 is 5.97 Å². The number of hydrogen-bond donors (Lipinski definition) is 3. The van der Waals surface area contributed by atoms with Gasteiger partial charge in [0.15, 0.2) is 0 Å². The number of amides is 1. The van der Waals surface area contributed by atoms with Crippen LogP contribution in [0.15, 0.2) is 36.4 Å². The molecule has 0 saturated heterocycles. The summed E-state index contributed by atoms with van der Waals surface area (Å²) in [5.41, 5.74) is 0.534. The monoisotopic (exact) mass is 374 g/mol. The molecule has 2 aromatic rings. The molecule has 26 heavy (non-hydrogen) atoms. The van der Waals surface area contributed by atoms with Gasteiger partial charge in [0, 0.05) is 12.6 Å². The lowest BCUT2D eigenvalue weighted by molar-refractivity contribution is -0.144. The van der Waals surface area contributed by atoms with Crippen molar-refractivity contribution in [2.24, 2.45) is 11.3 Å². The average molecular weight is 374 g/mol. The Morgan fingerprint density at radius 2 is 1.85 bits per heavy atom. The summed E-state index contributed by atoms with van der Waals surface area (Å²) in [5, 5.41) is 23.6. The molecule has 3 N–H and O–H groups in total. The van der Waals surface area contributed by atoms with Gasteiger partial charge in [-0.25, -0.2) is 0 Å². The van der Waals surface area contributed by atoms with Crippen LogP contribution in [0.4, 0.5) is 10.3 Å². The molecule has 0 aliphatic carbocycles. The van der Waals surface area contributed by atoms with Gasteiger partial charge in [-0.3, -0.25) is 14.9 Å². The maximum absolute atomic E-state index is 11.9. The molecule has 1 unspecified atom stereocenters. The second-order valence-electron chi connectivity index (χ2n) is 6.78. The number of aliphatic carboxylic acids is 1. The lowest BCUT2D eigenvalue weighted by Gasteiger charge is -2.26. The first-order valence-corrected chi connectivity index (χ1v) is 8.91. The summed E-state index contributed by atoms with van der Waals surface area (Å²) >= 11 is 1.16. The number of carboxylic acid groups (broad SMARTS) is 1. The van der Waals surface area contributed by atoms with E-state index in [1.165, 1.54) is 6.08 Å². The van der Waals surface area contributed by atoms with Crippen LogP contribution in [0.2, 0.25) is 0 Å². The minimum Gasteiger partial charge on any atom is -0.481 e. The van der Waals surface area contributed by atoms with Crippen molar-refractivity contribution >= 4 is 39.6 Å². The standard InChI is InChI=1S/C18H22N4O3S/c1-18(2,3)13(15(24)25)11-19-16-21-22-17(26-16)20-14(23)10-9-12-7-5-4-6-8-12/h4-10,13H,11H2,1-3H3,(H,19,21)(H,24,25)(H,20,22,23)/b10-9+. The third-order valence-electron chi connectivity index (χ3n) is 3.68. The first-order chi connectivity index (χ1) is 12.3. The minimum absolute atomic E-state index is 0.231. The van der Waals surface area contributed by atoms with Crippen LogP contribution in [0.5, 0.6) is 0 Å². The van der Waals surface area contributed by atoms with Gasteiger partial charge in [-0.15, -0.1) is 10.2 Å². The Balaban J connectivity index is 1.90. The van der Waals surface area contributed by atoms with Gasteiger partial charge in [-0.1, -0.05) is 62.4 Å². The first kappa shape index (κ1) is 19.6. The van der Waals surface area contributed by atoms with Crippen LogP contribution in [-0.4, -0.2) is 33.7 Å². The molecule has 1 heterocycles. The lowest BCUT2D eigenvalue weighted by atomic mass is 9.81. The molecule has 0 saturated carbocycles. The Labute approximate surface area is 156 Å². The van der Waals surface area contributed by atoms with Crippen molar-refractivity contribution in [1.82, 2.24) is 10.2 Å². The molecule has 0 bridgehead atoms. The van der Waals surface area contributed by atoms with Crippen LogP contribution in [0.1, 0.15) is 26.3 Å². The van der Waals surface area contributed by atoms with Crippen molar-refractivity contribution in [2.45, 2.75) is 20.8 Å². The number of carboxylic acids is 1. The van der Waals surface area contributed by atoms with Gasteiger partial charge in [0.25, 0.3) is 0 Å². The number of hydrogen-bond acceptors (Lipinski definition) is 6. The molecule has 2 rings (SSSR count). The predicted octanol–water partition coefficient (Wildman–Crippen LogP) is 3.35. The fourth-order valence-corrected chi connectivity index (χ4v) is 2.84. The molecule has 8 heteroatoms. The highest BCUT2D eigenvalue weighted by atomic mass is 32.1. The normalized spacial score (nSPS) is 12.7. The number of aromatic nitrogens is 2. The molecular formula is C18H22N4O3S. The van der Waals surface area contributed by atoms with Crippen molar-refractivity contribution in [3.8, 4) is 0 Å². The predicted molar refractivity (Wildman–Crippen MR) is 103 cm³/mol. The van der Waals surface area contributed by atoms with Crippen molar-refractivity contribution in [1.29, 1.82) is 0 Å². The molecule has 0 fully saturated rings. The maximum Gasteiger partial charge on any atom is 0.308 e. The van der Waals surface area contributed by atoms with Crippen LogP contribution < -0.4 is 10.6 Å². The summed E-state index contributed by atoms with van der Waals surface area (Å²) in [6.45, 7) is 5.85. The van der Waals surface area contributed by atoms with Crippen LogP contribution in [-0.2, 0) is 9.59 Å². The summed E-state index contributed by atoms with van der Waals surface area (Å²) in [4.78, 5) is 23.3. The number of anilines is 2. The number of nitrogens with one attached hydrogen (secondary N) is 2. The molecular weight excluding hydrogens is 352 g/mol. The van der Waals surface area contributed by atoms with Gasteiger partial charge in [0.05, 0.1) is 5.92 Å². The molecule has 0 aliphatic rings. The van der Waals surface area contributed by atoms with E-state index in [0.717, 1.165) is 16.9 Å². The first-order valence-electron chi connectivity index (χ1n) is 8.10. The second kappa shape index (κ2) is 8.57. The van der Waals surface area contributed by atoms with Crippen LogP contribution in [0.25, 0.3) is 6.08 Å². The van der Waals surface area contributed by atoms with Gasteiger partial charge < -0.3 is 10.4 Å². The molecule has 1 atom stereocenters. The van der Waals surface area contributed by atoms with Gasteiger partial charge in [0.1, 0.15) is 0 Å². The van der Waals surface area contributed by atoms with E-state index in [1.807, 2.05) is 51.1 Å². The fourth-order valence-electron chi connectivity index (χ4n) is 2.18.